The van der Waals surface area contributed by atoms with Crippen molar-refractivity contribution < 1.29 is 44.2 Å². The molecule has 2 heterocycles. The smallest absolute Gasteiger partial charge is 0.410 e. The van der Waals surface area contributed by atoms with Gasteiger partial charge in [0.05, 0.1) is 24.4 Å². The van der Waals surface area contributed by atoms with Gasteiger partial charge in [-0.05, 0) is 37.3 Å². The van der Waals surface area contributed by atoms with Crippen LogP contribution < -0.4 is 0 Å². The Balaban J connectivity index is 1.42. The van der Waals surface area contributed by atoms with Gasteiger partial charge in [0, 0.05) is 19.4 Å². The van der Waals surface area contributed by atoms with Crippen LogP contribution in [-0.2, 0) is 32.0 Å². The molecule has 0 radical (unpaired) electrons. The first-order valence-electron chi connectivity index (χ1n) is 14.3. The maximum absolute atomic E-state index is 13.2. The molecule has 3 aliphatic rings. The van der Waals surface area contributed by atoms with Crippen molar-refractivity contribution in [2.45, 2.75) is 100 Å². The van der Waals surface area contributed by atoms with Gasteiger partial charge in [0.15, 0.2) is 0 Å². The van der Waals surface area contributed by atoms with Gasteiger partial charge in [0.25, 0.3) is 0 Å². The van der Waals surface area contributed by atoms with Crippen LogP contribution in [0.1, 0.15) is 44.2 Å². The minimum atomic E-state index is -2.33. The van der Waals surface area contributed by atoms with Gasteiger partial charge in [0.1, 0.15) is 24.4 Å². The molecule has 1 aliphatic carbocycles. The Morgan fingerprint density at radius 3 is 2.24 bits per heavy atom. The lowest BCUT2D eigenvalue weighted by Crippen LogP contribution is -2.79. The molecule has 10 atom stereocenters. The van der Waals surface area contributed by atoms with E-state index >= 15 is 0 Å². The molecular formula is C31H41NO9. The van der Waals surface area contributed by atoms with Crippen LogP contribution in [0, 0.1) is 5.92 Å². The molecule has 4 N–H and O–H groups in total. The SMILES string of the molecule is CC[C@@H]1[C@H](O)[C@H](N(C)C(=O)OCc2ccccc2)C2O[C@]3(O)C(OC2[C@H]1O)O[C@H](C)C[C@@]3(O)CCc1ccccc1. The van der Waals surface area contributed by atoms with Crippen LogP contribution in [-0.4, -0.2) is 92.7 Å². The van der Waals surface area contributed by atoms with E-state index in [2.05, 4.69) is 0 Å². The normalized spacial score (nSPS) is 38.4. The van der Waals surface area contributed by atoms with Crippen molar-refractivity contribution in [3.05, 3.63) is 71.8 Å². The number of aliphatic hydroxyl groups is 4. The van der Waals surface area contributed by atoms with Gasteiger partial charge in [-0.1, -0.05) is 67.6 Å². The second-order valence-electron chi connectivity index (χ2n) is 11.6. The van der Waals surface area contributed by atoms with Crippen LogP contribution in [0.15, 0.2) is 60.7 Å². The van der Waals surface area contributed by atoms with Crippen LogP contribution in [0.3, 0.4) is 0 Å². The van der Waals surface area contributed by atoms with Gasteiger partial charge < -0.3 is 44.3 Å². The first-order chi connectivity index (χ1) is 19.6. The summed E-state index contributed by atoms with van der Waals surface area (Å²) in [4.78, 5) is 14.4. The van der Waals surface area contributed by atoms with Gasteiger partial charge in [-0.2, -0.15) is 0 Å². The minimum absolute atomic E-state index is 0.0229. The molecular weight excluding hydrogens is 530 g/mol. The van der Waals surface area contributed by atoms with Crippen molar-refractivity contribution in [1.82, 2.24) is 4.90 Å². The molecule has 0 bridgehead atoms. The zero-order valence-electron chi connectivity index (χ0n) is 23.7. The fourth-order valence-electron chi connectivity index (χ4n) is 6.56. The Bertz CT molecular complexity index is 1170. The Morgan fingerprint density at radius 1 is 0.976 bits per heavy atom. The lowest BCUT2D eigenvalue weighted by atomic mass is 9.73. The maximum atomic E-state index is 13.2. The molecule has 2 aliphatic heterocycles. The quantitative estimate of drug-likeness (QED) is 0.395. The fraction of sp³-hybridized carbons (Fsp3) is 0.581. The Labute approximate surface area is 240 Å². The van der Waals surface area contributed by atoms with E-state index in [1.54, 1.807) is 6.92 Å². The Kier molecular flexibility index (Phi) is 8.73. The van der Waals surface area contributed by atoms with E-state index in [0.29, 0.717) is 12.8 Å². The Morgan fingerprint density at radius 2 is 1.61 bits per heavy atom. The van der Waals surface area contributed by atoms with Gasteiger partial charge in [-0.3, -0.25) is 0 Å². The van der Waals surface area contributed by atoms with E-state index in [-0.39, 0.29) is 19.4 Å². The third-order valence-corrected chi connectivity index (χ3v) is 8.87. The summed E-state index contributed by atoms with van der Waals surface area (Å²) < 4.78 is 24.0. The molecule has 10 nitrogen and oxygen atoms in total. The summed E-state index contributed by atoms with van der Waals surface area (Å²) in [5.74, 6) is -2.99. The van der Waals surface area contributed by atoms with Crippen molar-refractivity contribution in [1.29, 1.82) is 0 Å². The molecule has 1 saturated carbocycles. The molecule has 10 heteroatoms. The number of ether oxygens (including phenoxy) is 4. The molecule has 2 aromatic rings. The summed E-state index contributed by atoms with van der Waals surface area (Å²) >= 11 is 0. The fourth-order valence-corrected chi connectivity index (χ4v) is 6.56. The highest BCUT2D eigenvalue weighted by Gasteiger charge is 2.68. The predicted octanol–water partition coefficient (Wildman–Crippen LogP) is 2.36. The zero-order valence-corrected chi connectivity index (χ0v) is 23.7. The highest BCUT2D eigenvalue weighted by Crippen LogP contribution is 2.49. The number of fused-ring (bicyclic) bond motifs is 2. The van der Waals surface area contributed by atoms with Crippen molar-refractivity contribution in [2.75, 3.05) is 7.05 Å². The van der Waals surface area contributed by atoms with Gasteiger partial charge in [-0.25, -0.2) is 4.79 Å². The minimum Gasteiger partial charge on any atom is -0.445 e. The lowest BCUT2D eigenvalue weighted by molar-refractivity contribution is -0.486. The summed E-state index contributed by atoms with van der Waals surface area (Å²) in [5, 5.41) is 46.6. The number of aryl methyl sites for hydroxylation is 1. The second kappa shape index (κ2) is 12.0. The van der Waals surface area contributed by atoms with E-state index in [4.69, 9.17) is 18.9 Å². The number of benzene rings is 2. The number of hydrogen-bond acceptors (Lipinski definition) is 9. The van der Waals surface area contributed by atoms with Crippen molar-refractivity contribution in [2.24, 2.45) is 5.92 Å². The molecule has 5 rings (SSSR count). The van der Waals surface area contributed by atoms with Crippen molar-refractivity contribution in [3.8, 4) is 0 Å². The monoisotopic (exact) mass is 571 g/mol. The molecule has 2 aromatic carbocycles. The van der Waals surface area contributed by atoms with Gasteiger partial charge in [-0.15, -0.1) is 0 Å². The molecule has 41 heavy (non-hydrogen) atoms. The van der Waals surface area contributed by atoms with E-state index < -0.39 is 66.3 Å². The van der Waals surface area contributed by atoms with E-state index in [1.807, 2.05) is 67.6 Å². The zero-order chi connectivity index (χ0) is 29.4. The van der Waals surface area contributed by atoms with E-state index in [9.17, 15) is 25.2 Å². The summed E-state index contributed by atoms with van der Waals surface area (Å²) in [7, 11) is 1.48. The van der Waals surface area contributed by atoms with Crippen molar-refractivity contribution in [3.63, 3.8) is 0 Å². The molecule has 2 saturated heterocycles. The topological polar surface area (TPSA) is 138 Å². The van der Waals surface area contributed by atoms with Gasteiger partial charge >= 0.3 is 6.09 Å². The standard InChI is InChI=1S/C31H41NO9/c1-4-22-24(33)23(32(3)29(35)38-18-21-13-9-6-10-14-21)26-27(25(22)34)40-28-31(37,41-26)30(36,17-19(2)39-28)16-15-20-11-7-5-8-12-20/h5-14,19,22-28,33-34,36-37H,4,15-18H2,1-3H3/t19-,22-,23+,24+,25+,26?,27?,28?,30+,31-/m1/s1. The molecule has 0 aromatic heterocycles. The van der Waals surface area contributed by atoms with Crippen LogP contribution in [0.5, 0.6) is 0 Å². The van der Waals surface area contributed by atoms with Crippen LogP contribution >= 0.6 is 0 Å². The number of hydrogen-bond donors (Lipinski definition) is 4. The molecule has 3 fully saturated rings. The predicted molar refractivity (Wildman–Crippen MR) is 147 cm³/mol. The van der Waals surface area contributed by atoms with Gasteiger partial charge in [0.2, 0.25) is 12.1 Å². The highest BCUT2D eigenvalue weighted by atomic mass is 16.8. The maximum Gasteiger partial charge on any atom is 0.410 e. The number of nitrogens with zero attached hydrogens (tertiary/aromatic N) is 1. The first kappa shape index (κ1) is 29.9. The van der Waals surface area contributed by atoms with E-state index in [1.165, 1.54) is 11.9 Å². The largest absolute Gasteiger partial charge is 0.445 e. The Hall–Kier alpha value is -2.57. The summed E-state index contributed by atoms with van der Waals surface area (Å²) in [6.07, 6.45) is -6.17. The number of carbonyl (C=O) groups is 1. The third kappa shape index (κ3) is 5.62. The third-order valence-electron chi connectivity index (χ3n) is 8.87. The van der Waals surface area contributed by atoms with Crippen LogP contribution in [0.25, 0.3) is 0 Å². The molecule has 3 unspecified atom stereocenters. The average molecular weight is 572 g/mol. The summed E-state index contributed by atoms with van der Waals surface area (Å²) in [6.45, 7) is 3.62. The molecule has 0 spiro atoms. The second-order valence-corrected chi connectivity index (χ2v) is 11.6. The molecule has 1 amide bonds. The average Bonchev–Trinajstić information content (AvgIpc) is 2.96. The van der Waals surface area contributed by atoms with E-state index in [0.717, 1.165) is 11.1 Å². The summed E-state index contributed by atoms with van der Waals surface area (Å²) in [6, 6.07) is 17.7. The highest BCUT2D eigenvalue weighted by molar-refractivity contribution is 5.68. The number of amides is 1. The number of carbonyl (C=O) groups excluding carboxylic acids is 1. The van der Waals surface area contributed by atoms with Crippen LogP contribution in [0.4, 0.5) is 4.79 Å². The number of aliphatic hydroxyl groups excluding tert-OH is 2. The molecule has 224 valence electrons. The number of likely N-dealkylation sites (N-methyl/N-ethyl adjacent to an activating group) is 1. The number of rotatable bonds is 7. The van der Waals surface area contributed by atoms with Crippen molar-refractivity contribution >= 4 is 6.09 Å². The lowest BCUT2D eigenvalue weighted by Gasteiger charge is -2.61. The summed E-state index contributed by atoms with van der Waals surface area (Å²) in [5.41, 5.74) is -0.0163. The van der Waals surface area contributed by atoms with Crippen LogP contribution in [0.2, 0.25) is 0 Å². The first-order valence-corrected chi connectivity index (χ1v) is 14.3.